The molecule has 0 aromatic heterocycles. The van der Waals surface area contributed by atoms with Gasteiger partial charge in [-0.05, 0) is 33.1 Å². The number of aliphatic hydroxyl groups excluding tert-OH is 2. The Balaban J connectivity index is 3.26. The van der Waals surface area contributed by atoms with Crippen LogP contribution in [0.25, 0.3) is 0 Å². The zero-order valence-electron chi connectivity index (χ0n) is 17.4. The van der Waals surface area contributed by atoms with Gasteiger partial charge >= 0.3 is 0 Å². The maximum Gasteiger partial charge on any atom is 0.219 e. The molecule has 0 radical (unpaired) electrons. The Kier molecular flexibility index (Phi) is 8.23. The van der Waals surface area contributed by atoms with Gasteiger partial charge in [-0.25, -0.2) is 0 Å². The van der Waals surface area contributed by atoms with Gasteiger partial charge in [0.05, 0.1) is 30.0 Å². The van der Waals surface area contributed by atoms with E-state index >= 15 is 0 Å². The van der Waals surface area contributed by atoms with Gasteiger partial charge in [0.25, 0.3) is 0 Å². The second-order valence-electron chi connectivity index (χ2n) is 8.13. The monoisotopic (exact) mass is 391 g/mol. The van der Waals surface area contributed by atoms with Crippen LogP contribution in [0.5, 0.6) is 0 Å². The molecule has 1 aliphatic rings. The molecule has 1 heterocycles. The molecule has 6 unspecified atom stereocenters. The first-order chi connectivity index (χ1) is 12.4. The van der Waals surface area contributed by atoms with E-state index in [1.54, 1.807) is 13.8 Å². The lowest BCUT2D eigenvalue weighted by Gasteiger charge is -2.51. The molecule has 1 rings (SSSR count). The average molecular weight is 392 g/mol. The molecule has 0 aliphatic carbocycles. The van der Waals surface area contributed by atoms with Crippen molar-refractivity contribution in [1.82, 2.24) is 5.32 Å². The van der Waals surface area contributed by atoms with Gasteiger partial charge in [-0.1, -0.05) is 20.8 Å². The molecule has 0 bridgehead atoms. The Morgan fingerprint density at radius 2 is 1.78 bits per heavy atom. The summed E-state index contributed by atoms with van der Waals surface area (Å²) in [5, 5.41) is 44.8. The molecule has 0 aromatic carbocycles. The topological polar surface area (TPSA) is 128 Å². The first-order valence-corrected chi connectivity index (χ1v) is 9.73. The number of carbonyl (C=O) groups excluding carboxylic acids is 1. The first kappa shape index (κ1) is 24.3. The summed E-state index contributed by atoms with van der Waals surface area (Å²) in [4.78, 5) is 11.7. The number of nitrogens with one attached hydrogen (secondary N) is 1. The highest BCUT2D eigenvalue weighted by atomic mass is 16.7. The molecule has 1 saturated heterocycles. The molecule has 27 heavy (non-hydrogen) atoms. The van der Waals surface area contributed by atoms with Crippen LogP contribution in [0.2, 0.25) is 0 Å². The van der Waals surface area contributed by atoms with E-state index < -0.39 is 47.9 Å². The predicted octanol–water partition coefficient (Wildman–Crippen LogP) is 0.447. The van der Waals surface area contributed by atoms with E-state index in [0.717, 1.165) is 0 Å². The minimum Gasteiger partial charge on any atom is -0.391 e. The lowest BCUT2D eigenvalue weighted by molar-refractivity contribution is -0.364. The highest BCUT2D eigenvalue weighted by Crippen LogP contribution is 2.37. The number of ether oxygens (including phenoxy) is 2. The third kappa shape index (κ3) is 5.85. The Labute approximate surface area is 161 Å². The number of hydrogen-bond acceptors (Lipinski definition) is 7. The van der Waals surface area contributed by atoms with E-state index in [4.69, 9.17) is 9.47 Å². The lowest BCUT2D eigenvalue weighted by atomic mass is 9.83. The summed E-state index contributed by atoms with van der Waals surface area (Å²) >= 11 is 0. The summed E-state index contributed by atoms with van der Waals surface area (Å²) in [7, 11) is 0. The van der Waals surface area contributed by atoms with E-state index in [1.165, 1.54) is 6.92 Å². The Morgan fingerprint density at radius 1 is 1.22 bits per heavy atom. The second kappa shape index (κ2) is 9.15. The number of aliphatic hydroxyl groups is 4. The first-order valence-electron chi connectivity index (χ1n) is 9.73. The summed E-state index contributed by atoms with van der Waals surface area (Å²) in [5.41, 5.74) is -1.78. The smallest absolute Gasteiger partial charge is 0.219 e. The molecule has 0 saturated carbocycles. The number of amides is 1. The predicted molar refractivity (Wildman–Crippen MR) is 99.9 cm³/mol. The molecule has 6 atom stereocenters. The van der Waals surface area contributed by atoms with Crippen LogP contribution in [0.4, 0.5) is 0 Å². The summed E-state index contributed by atoms with van der Waals surface area (Å²) in [6.45, 7) is 9.61. The normalized spacial score (nSPS) is 34.1. The Bertz CT molecular complexity index is 494. The van der Waals surface area contributed by atoms with E-state index in [9.17, 15) is 25.2 Å². The standard InChI is InChI=1S/C19H37NO7/c1-7-17(5,24)10-13-14(20-12(4)22)15(23)16(19(25,11-21)26-13)27-18(6,8-2)9-3/h13-16,21,23-25H,7-11H2,1-6H3,(H,20,22). The lowest BCUT2D eigenvalue weighted by Crippen LogP contribution is -2.71. The van der Waals surface area contributed by atoms with Gasteiger partial charge in [0.15, 0.2) is 0 Å². The van der Waals surface area contributed by atoms with E-state index in [2.05, 4.69) is 5.32 Å². The minimum absolute atomic E-state index is 0.0549. The second-order valence-corrected chi connectivity index (χ2v) is 8.13. The van der Waals surface area contributed by atoms with Crippen molar-refractivity contribution in [2.75, 3.05) is 6.61 Å². The van der Waals surface area contributed by atoms with Gasteiger partial charge in [-0.15, -0.1) is 0 Å². The van der Waals surface area contributed by atoms with Gasteiger partial charge in [0, 0.05) is 13.3 Å². The maximum atomic E-state index is 11.7. The largest absolute Gasteiger partial charge is 0.391 e. The molecule has 1 aliphatic heterocycles. The number of carbonyl (C=O) groups is 1. The van der Waals surface area contributed by atoms with Crippen molar-refractivity contribution in [2.24, 2.45) is 0 Å². The van der Waals surface area contributed by atoms with Crippen molar-refractivity contribution in [1.29, 1.82) is 0 Å². The summed E-state index contributed by atoms with van der Waals surface area (Å²) < 4.78 is 11.8. The molecule has 0 spiro atoms. The number of rotatable bonds is 9. The molecule has 5 N–H and O–H groups in total. The van der Waals surface area contributed by atoms with Crippen LogP contribution in [0.1, 0.15) is 67.2 Å². The van der Waals surface area contributed by atoms with Crippen LogP contribution < -0.4 is 5.32 Å². The average Bonchev–Trinajstić information content (AvgIpc) is 2.61. The van der Waals surface area contributed by atoms with Gasteiger partial charge < -0.3 is 35.2 Å². The van der Waals surface area contributed by atoms with E-state index in [-0.39, 0.29) is 12.3 Å². The quantitative estimate of drug-likeness (QED) is 0.386. The van der Waals surface area contributed by atoms with Crippen LogP contribution in [0.3, 0.4) is 0 Å². The third-order valence-electron chi connectivity index (χ3n) is 5.79. The van der Waals surface area contributed by atoms with E-state index in [1.807, 2.05) is 20.8 Å². The van der Waals surface area contributed by atoms with Crippen molar-refractivity contribution < 1.29 is 34.7 Å². The van der Waals surface area contributed by atoms with Crippen molar-refractivity contribution in [3.05, 3.63) is 0 Å². The van der Waals surface area contributed by atoms with Crippen LogP contribution in [-0.4, -0.2) is 74.3 Å². The molecular weight excluding hydrogens is 354 g/mol. The van der Waals surface area contributed by atoms with Gasteiger partial charge in [0.1, 0.15) is 12.2 Å². The fourth-order valence-corrected chi connectivity index (χ4v) is 3.25. The SMILES string of the molecule is CCC(C)(O)CC1OC(O)(CO)C(OC(C)(CC)CC)C(O)C1NC(C)=O. The summed E-state index contributed by atoms with van der Waals surface area (Å²) in [6, 6.07) is -0.907. The highest BCUT2D eigenvalue weighted by molar-refractivity contribution is 5.73. The van der Waals surface area contributed by atoms with Crippen molar-refractivity contribution in [2.45, 2.75) is 109 Å². The van der Waals surface area contributed by atoms with Crippen LogP contribution >= 0.6 is 0 Å². The molecule has 160 valence electrons. The Hall–Kier alpha value is -0.770. The fourth-order valence-electron chi connectivity index (χ4n) is 3.25. The Morgan fingerprint density at radius 3 is 2.19 bits per heavy atom. The van der Waals surface area contributed by atoms with Crippen LogP contribution in [0, 0.1) is 0 Å². The zero-order valence-corrected chi connectivity index (χ0v) is 17.4. The number of hydrogen-bond donors (Lipinski definition) is 5. The molecule has 1 amide bonds. The van der Waals surface area contributed by atoms with Gasteiger partial charge in [-0.3, -0.25) is 4.79 Å². The molecule has 1 fully saturated rings. The van der Waals surface area contributed by atoms with Gasteiger partial charge in [0.2, 0.25) is 11.7 Å². The maximum absolute atomic E-state index is 11.7. The van der Waals surface area contributed by atoms with Crippen LogP contribution in [-0.2, 0) is 14.3 Å². The van der Waals surface area contributed by atoms with Gasteiger partial charge in [-0.2, -0.15) is 0 Å². The van der Waals surface area contributed by atoms with Crippen LogP contribution in [0.15, 0.2) is 0 Å². The molecular formula is C19H37NO7. The third-order valence-corrected chi connectivity index (χ3v) is 5.79. The fraction of sp³-hybridized carbons (Fsp3) is 0.947. The zero-order chi connectivity index (χ0) is 21.0. The van der Waals surface area contributed by atoms with Crippen molar-refractivity contribution in [3.8, 4) is 0 Å². The van der Waals surface area contributed by atoms with Crippen molar-refractivity contribution >= 4 is 5.91 Å². The van der Waals surface area contributed by atoms with Crippen molar-refractivity contribution in [3.63, 3.8) is 0 Å². The summed E-state index contributed by atoms with van der Waals surface area (Å²) in [5.74, 6) is -2.54. The van der Waals surface area contributed by atoms with E-state index in [0.29, 0.717) is 19.3 Å². The highest BCUT2D eigenvalue weighted by Gasteiger charge is 2.56. The molecule has 8 nitrogen and oxygen atoms in total. The molecule has 8 heteroatoms. The minimum atomic E-state index is -2.16. The molecule has 0 aromatic rings. The summed E-state index contributed by atoms with van der Waals surface area (Å²) in [6.07, 6.45) is -1.82.